The maximum Gasteiger partial charge on any atom is 0.219 e. The highest BCUT2D eigenvalue weighted by Crippen LogP contribution is 2.40. The fourth-order valence-corrected chi connectivity index (χ4v) is 11.3. The summed E-state index contributed by atoms with van der Waals surface area (Å²) in [5.41, 5.74) is 17.2. The average Bonchev–Trinajstić information content (AvgIpc) is 1.51. The summed E-state index contributed by atoms with van der Waals surface area (Å²) in [6.07, 6.45) is 27.0. The molecule has 0 radical (unpaired) electrons. The van der Waals surface area contributed by atoms with Gasteiger partial charge in [-0.3, -0.25) is 38.8 Å². The molecule has 1 amide bonds. The van der Waals surface area contributed by atoms with Crippen molar-refractivity contribution in [1.82, 2.24) is 99.7 Å². The van der Waals surface area contributed by atoms with Crippen molar-refractivity contribution >= 4 is 73.9 Å². The molecular weight excluding hydrogens is 1200 g/mol. The molecule has 1 saturated carbocycles. The first-order valence-electron chi connectivity index (χ1n) is 31.5. The Morgan fingerprint density at radius 1 is 0.510 bits per heavy atom. The number of piperidine rings is 1. The normalized spacial score (nSPS) is 13.0. The monoisotopic (exact) mass is 1280 g/mol. The van der Waals surface area contributed by atoms with E-state index in [-0.39, 0.29) is 20.8 Å². The van der Waals surface area contributed by atoms with Gasteiger partial charge in [-0.1, -0.05) is 42.5 Å². The van der Waals surface area contributed by atoms with Crippen LogP contribution in [0.1, 0.15) is 115 Å². The highest BCUT2D eigenvalue weighted by Gasteiger charge is 2.25. The molecule has 0 unspecified atom stereocenters. The molecule has 488 valence electrons. The van der Waals surface area contributed by atoms with E-state index in [9.17, 15) is 4.79 Å². The second-order valence-corrected chi connectivity index (χ2v) is 24.5. The molecule has 2 fully saturated rings. The molecule has 3 N–H and O–H groups in total. The topological polar surface area (TPSA) is 277 Å². The molecule has 13 aromatic heterocycles. The maximum atomic E-state index is 11.6. The van der Waals surface area contributed by atoms with Gasteiger partial charge in [-0.15, -0.1) is 15.3 Å². The first-order valence-corrected chi connectivity index (χ1v) is 31.5. The summed E-state index contributed by atoms with van der Waals surface area (Å²) in [6.45, 7) is 14.7. The van der Waals surface area contributed by atoms with E-state index in [0.29, 0.717) is 46.9 Å². The summed E-state index contributed by atoms with van der Waals surface area (Å²) in [5.74, 6) is 6.24. The van der Waals surface area contributed by atoms with Crippen molar-refractivity contribution in [3.63, 3.8) is 0 Å². The number of likely N-dealkylation sites (tertiary alicyclic amines) is 1. The fourth-order valence-electron chi connectivity index (χ4n) is 11.3. The van der Waals surface area contributed by atoms with E-state index in [0.717, 1.165) is 139 Å². The molecule has 0 bridgehead atoms. The van der Waals surface area contributed by atoms with Crippen LogP contribution in [0.2, 0.25) is 0 Å². The SMILES string of the molecule is C.C.CC(=O)N1CCC(Cn2cc(-c3cnc4ccc(Nc5cc(C(C)C)cnn5)nc4c3)cn2)CC1.CC(C)c1cnnc(Nc2ccc3ncc(-c4cn(C)nc4-c4ccncc4)cc3n2)c1.Cc1nn(C)cc1-c1cnc2ccc(Nc3cc(C4CC4)cnn3)nc2c1. The Hall–Kier alpha value is -11.4. The number of pyridine rings is 7. The lowest BCUT2D eigenvalue weighted by Gasteiger charge is -2.31. The van der Waals surface area contributed by atoms with Crippen molar-refractivity contribution in [1.29, 1.82) is 0 Å². The number of anilines is 6. The number of aryl methyl sites for hydroxylation is 3. The summed E-state index contributed by atoms with van der Waals surface area (Å²) >= 11 is 0. The quantitative estimate of drug-likeness (QED) is 0.0860. The lowest BCUT2D eigenvalue weighted by molar-refractivity contribution is -0.130. The van der Waals surface area contributed by atoms with E-state index in [1.165, 1.54) is 18.4 Å². The van der Waals surface area contributed by atoms with E-state index >= 15 is 0 Å². The maximum absolute atomic E-state index is 11.6. The standard InChI is InChI=1S/C26H30N8O.C24H22N8.C20H19N7.2CH4/c1-17(2)20-11-26(32-28-13-20)31-25-5-4-23-24(30-25)10-21(12-27-23)22-14-29-34(16-22)15-19-6-8-33(9-7-19)18(3)35;1-15(2)17-11-23(30-27-13-17)29-22-5-4-20-21(28-22)10-18(12-26-20)19-14-32(3)31-24(19)16-6-8-25-9-7-16;1-12-16(11-27(2)26-12)15-7-18-17(21-9-15)5-6-19(23-18)24-20-8-14(10-22-25-20)13-3-4-13;;/h4-5,10-14,16-17,19H,6-9,15H2,1-3H3,(H,30,31,32);4-15H,1-3H3,(H,28,29,30);5-11,13H,3-4H2,1-2H3,(H,23,24,25);2*1H4. The van der Waals surface area contributed by atoms with Crippen LogP contribution in [-0.2, 0) is 25.4 Å². The second-order valence-electron chi connectivity index (χ2n) is 24.5. The van der Waals surface area contributed by atoms with Crippen LogP contribution in [0, 0.1) is 12.8 Å². The molecule has 1 aliphatic carbocycles. The van der Waals surface area contributed by atoms with Crippen molar-refractivity contribution in [2.45, 2.75) is 106 Å². The minimum Gasteiger partial charge on any atom is -0.343 e. The minimum absolute atomic E-state index is 0. The van der Waals surface area contributed by atoms with Gasteiger partial charge in [0.2, 0.25) is 5.91 Å². The average molecular weight is 1280 g/mol. The zero-order chi connectivity index (χ0) is 64.8. The van der Waals surface area contributed by atoms with Crippen LogP contribution in [0.15, 0.2) is 159 Å². The Morgan fingerprint density at radius 3 is 1.51 bits per heavy atom. The molecule has 15 rings (SSSR count). The zero-order valence-corrected chi connectivity index (χ0v) is 53.6. The molecule has 0 spiro atoms. The summed E-state index contributed by atoms with van der Waals surface area (Å²) < 4.78 is 5.62. The molecule has 2 aliphatic rings. The molecule has 14 heterocycles. The van der Waals surface area contributed by atoms with Gasteiger partial charge in [0.05, 0.1) is 63.6 Å². The second kappa shape index (κ2) is 29.2. The van der Waals surface area contributed by atoms with Crippen molar-refractivity contribution in [2.24, 2.45) is 20.0 Å². The van der Waals surface area contributed by atoms with E-state index in [4.69, 9.17) is 15.0 Å². The number of carbonyl (C=O) groups is 1. The minimum atomic E-state index is 0. The first-order chi connectivity index (χ1) is 45.7. The van der Waals surface area contributed by atoms with Crippen molar-refractivity contribution < 1.29 is 4.79 Å². The van der Waals surface area contributed by atoms with Gasteiger partial charge in [0.25, 0.3) is 0 Å². The molecule has 24 heteroatoms. The summed E-state index contributed by atoms with van der Waals surface area (Å²) in [5, 5.41) is 48.2. The number of hydrogen-bond acceptors (Lipinski definition) is 20. The van der Waals surface area contributed by atoms with Crippen molar-refractivity contribution in [3.8, 4) is 44.6 Å². The van der Waals surface area contributed by atoms with Crippen LogP contribution >= 0.6 is 0 Å². The molecule has 1 aliphatic heterocycles. The number of fused-ring (bicyclic) bond motifs is 3. The summed E-state index contributed by atoms with van der Waals surface area (Å²) in [7, 11) is 3.83. The molecule has 96 heavy (non-hydrogen) atoms. The number of carbonyl (C=O) groups excluding carboxylic acids is 1. The van der Waals surface area contributed by atoms with Gasteiger partial charge in [-0.25, -0.2) is 15.0 Å². The predicted molar refractivity (Wildman–Crippen MR) is 377 cm³/mol. The highest BCUT2D eigenvalue weighted by atomic mass is 16.2. The van der Waals surface area contributed by atoms with E-state index in [1.807, 2.05) is 158 Å². The Morgan fingerprint density at radius 2 is 1.00 bits per heavy atom. The van der Waals surface area contributed by atoms with Crippen molar-refractivity contribution in [3.05, 3.63) is 182 Å². The highest BCUT2D eigenvalue weighted by molar-refractivity contribution is 5.87. The lowest BCUT2D eigenvalue weighted by atomic mass is 9.97. The van der Waals surface area contributed by atoms with Crippen LogP contribution in [0.3, 0.4) is 0 Å². The molecule has 24 nitrogen and oxygen atoms in total. The van der Waals surface area contributed by atoms with Gasteiger partial charge in [0.1, 0.15) is 23.1 Å². The number of rotatable bonds is 15. The molecule has 0 atom stereocenters. The fraction of sp³-hybridized carbons (Fsp3) is 0.292. The van der Waals surface area contributed by atoms with Gasteiger partial charge in [-0.05, 0) is 158 Å². The van der Waals surface area contributed by atoms with Crippen LogP contribution in [0.25, 0.3) is 77.7 Å². The summed E-state index contributed by atoms with van der Waals surface area (Å²) in [4.78, 5) is 45.6. The van der Waals surface area contributed by atoms with Crippen LogP contribution < -0.4 is 16.0 Å². The third kappa shape index (κ3) is 15.8. The van der Waals surface area contributed by atoms with Gasteiger partial charge in [0.15, 0.2) is 17.5 Å². The van der Waals surface area contributed by atoms with E-state index in [1.54, 1.807) is 36.4 Å². The molecule has 13 aromatic rings. The molecule has 1 saturated heterocycles. The Labute approximate surface area is 557 Å². The molecule has 0 aromatic carbocycles. The van der Waals surface area contributed by atoms with Crippen LogP contribution in [0.5, 0.6) is 0 Å². The third-order valence-electron chi connectivity index (χ3n) is 16.7. The summed E-state index contributed by atoms with van der Waals surface area (Å²) in [6, 6.07) is 27.6. The van der Waals surface area contributed by atoms with E-state index < -0.39 is 0 Å². The predicted octanol–water partition coefficient (Wildman–Crippen LogP) is 14.2. The van der Waals surface area contributed by atoms with Crippen molar-refractivity contribution in [2.75, 3.05) is 29.0 Å². The number of aromatic nitrogens is 19. The smallest absolute Gasteiger partial charge is 0.219 e. The van der Waals surface area contributed by atoms with Gasteiger partial charge in [0, 0.05) is 129 Å². The first kappa shape index (κ1) is 66.0. The third-order valence-corrected chi connectivity index (χ3v) is 16.7. The van der Waals surface area contributed by atoms with Gasteiger partial charge in [-0.2, -0.15) is 30.6 Å². The van der Waals surface area contributed by atoms with Crippen LogP contribution in [-0.4, -0.2) is 119 Å². The number of nitrogens with zero attached hydrogens (tertiary/aromatic N) is 20. The zero-order valence-electron chi connectivity index (χ0n) is 53.6. The number of nitrogens with one attached hydrogen (secondary N) is 3. The Bertz CT molecular complexity index is 4840. The number of amides is 1. The van der Waals surface area contributed by atoms with Crippen LogP contribution in [0.4, 0.5) is 34.9 Å². The lowest BCUT2D eigenvalue weighted by Crippen LogP contribution is -2.38. The Kier molecular flexibility index (Phi) is 20.1. The largest absolute Gasteiger partial charge is 0.343 e. The van der Waals surface area contributed by atoms with E-state index in [2.05, 4.69) is 122 Å². The van der Waals surface area contributed by atoms with Gasteiger partial charge < -0.3 is 20.9 Å². The Balaban J connectivity index is 0.000000146. The number of hydrogen-bond donors (Lipinski definition) is 3. The molecular formula is C72H79N23O. The van der Waals surface area contributed by atoms with Gasteiger partial charge >= 0.3 is 0 Å².